The number of rotatable bonds is 6. The Morgan fingerprint density at radius 3 is 2.56 bits per heavy atom. The van der Waals surface area contributed by atoms with Crippen LogP contribution in [-0.4, -0.2) is 18.0 Å². The molecule has 0 fully saturated rings. The molecular weight excluding hydrogens is 224 g/mol. The Bertz CT molecular complexity index is 373. The van der Waals surface area contributed by atoms with E-state index < -0.39 is 5.54 Å². The fourth-order valence-electron chi connectivity index (χ4n) is 1.71. The van der Waals surface area contributed by atoms with Gasteiger partial charge < -0.3 is 11.1 Å². The Hall–Kier alpha value is -1.35. The van der Waals surface area contributed by atoms with Crippen LogP contribution in [0.5, 0.6) is 0 Å². The minimum atomic E-state index is -0.754. The van der Waals surface area contributed by atoms with Crippen molar-refractivity contribution in [1.29, 1.82) is 0 Å². The van der Waals surface area contributed by atoms with Crippen molar-refractivity contribution in [1.82, 2.24) is 5.32 Å². The molecule has 0 aliphatic rings. The highest BCUT2D eigenvalue weighted by molar-refractivity contribution is 5.85. The van der Waals surface area contributed by atoms with Gasteiger partial charge in [0.25, 0.3) is 0 Å². The van der Waals surface area contributed by atoms with Gasteiger partial charge in [0.05, 0.1) is 5.54 Å². The molecular formula is C15H24N2O. The van der Waals surface area contributed by atoms with Crippen LogP contribution in [0.4, 0.5) is 0 Å². The summed E-state index contributed by atoms with van der Waals surface area (Å²) in [5, 5.41) is 2.91. The molecule has 0 spiro atoms. The quantitative estimate of drug-likeness (QED) is 0.812. The van der Waals surface area contributed by atoms with E-state index in [1.54, 1.807) is 6.92 Å². The molecule has 0 radical (unpaired) electrons. The maximum absolute atomic E-state index is 11.8. The highest BCUT2D eigenvalue weighted by atomic mass is 16.2. The molecule has 18 heavy (non-hydrogen) atoms. The molecule has 1 amide bonds. The fraction of sp³-hybridized carbons (Fsp3) is 0.533. The summed E-state index contributed by atoms with van der Waals surface area (Å²) >= 11 is 0. The number of carbonyl (C=O) groups is 1. The van der Waals surface area contributed by atoms with Gasteiger partial charge in [-0.3, -0.25) is 4.79 Å². The largest absolute Gasteiger partial charge is 0.354 e. The van der Waals surface area contributed by atoms with E-state index in [0.717, 1.165) is 6.42 Å². The van der Waals surface area contributed by atoms with Crippen LogP contribution < -0.4 is 11.1 Å². The third kappa shape index (κ3) is 4.15. The molecule has 0 saturated heterocycles. The number of hydrogen-bond acceptors (Lipinski definition) is 2. The number of nitrogens with two attached hydrogens (primary N) is 1. The molecule has 1 aromatic carbocycles. The maximum Gasteiger partial charge on any atom is 0.239 e. The molecule has 2 unspecified atom stereocenters. The molecule has 3 nitrogen and oxygen atoms in total. The van der Waals surface area contributed by atoms with Crippen molar-refractivity contribution in [2.24, 2.45) is 5.73 Å². The number of carbonyl (C=O) groups excluding carboxylic acids is 1. The molecule has 100 valence electrons. The SMILES string of the molecule is CCC(C)(N)C(=O)NCCC(C)c1ccccc1. The van der Waals surface area contributed by atoms with Crippen molar-refractivity contribution in [2.45, 2.75) is 45.1 Å². The fourth-order valence-corrected chi connectivity index (χ4v) is 1.71. The summed E-state index contributed by atoms with van der Waals surface area (Å²) < 4.78 is 0. The first kappa shape index (κ1) is 14.7. The molecule has 0 bridgehead atoms. The first-order valence-corrected chi connectivity index (χ1v) is 6.59. The molecule has 1 rings (SSSR count). The number of nitrogens with one attached hydrogen (secondary N) is 1. The summed E-state index contributed by atoms with van der Waals surface area (Å²) in [6, 6.07) is 10.3. The Balaban J connectivity index is 2.37. The van der Waals surface area contributed by atoms with Crippen LogP contribution in [0, 0.1) is 0 Å². The lowest BCUT2D eigenvalue weighted by Crippen LogP contribution is -2.51. The van der Waals surface area contributed by atoms with Crippen LogP contribution in [-0.2, 0) is 4.79 Å². The van der Waals surface area contributed by atoms with Gasteiger partial charge in [-0.1, -0.05) is 44.2 Å². The van der Waals surface area contributed by atoms with Gasteiger partial charge in [-0.05, 0) is 31.2 Å². The second-order valence-electron chi connectivity index (χ2n) is 5.13. The molecule has 3 N–H and O–H groups in total. The molecule has 2 atom stereocenters. The van der Waals surface area contributed by atoms with Crippen molar-refractivity contribution in [3.8, 4) is 0 Å². The van der Waals surface area contributed by atoms with Crippen molar-refractivity contribution >= 4 is 5.91 Å². The lowest BCUT2D eigenvalue weighted by Gasteiger charge is -2.22. The second-order valence-corrected chi connectivity index (χ2v) is 5.13. The lowest BCUT2D eigenvalue weighted by molar-refractivity contribution is -0.125. The lowest BCUT2D eigenvalue weighted by atomic mass is 9.97. The zero-order chi connectivity index (χ0) is 13.6. The smallest absolute Gasteiger partial charge is 0.239 e. The van der Waals surface area contributed by atoms with Crippen LogP contribution >= 0.6 is 0 Å². The first-order valence-electron chi connectivity index (χ1n) is 6.59. The Morgan fingerprint density at radius 2 is 2.00 bits per heavy atom. The maximum atomic E-state index is 11.8. The third-order valence-corrected chi connectivity index (χ3v) is 3.48. The minimum Gasteiger partial charge on any atom is -0.354 e. The number of benzene rings is 1. The van der Waals surface area contributed by atoms with Gasteiger partial charge in [0.2, 0.25) is 5.91 Å². The summed E-state index contributed by atoms with van der Waals surface area (Å²) in [4.78, 5) is 11.8. The van der Waals surface area contributed by atoms with Crippen molar-refractivity contribution in [2.75, 3.05) is 6.54 Å². The Morgan fingerprint density at radius 1 is 1.39 bits per heavy atom. The van der Waals surface area contributed by atoms with Crippen LogP contribution in [0.3, 0.4) is 0 Å². The first-order chi connectivity index (χ1) is 8.47. The molecule has 0 heterocycles. The average Bonchev–Trinajstić information content (AvgIpc) is 2.39. The summed E-state index contributed by atoms with van der Waals surface area (Å²) in [7, 11) is 0. The standard InChI is InChI=1S/C15H24N2O/c1-4-15(3,16)14(18)17-11-10-12(2)13-8-6-5-7-9-13/h5-9,12H,4,10-11,16H2,1-3H3,(H,17,18). The number of amides is 1. The zero-order valence-electron chi connectivity index (χ0n) is 11.6. The van der Waals surface area contributed by atoms with Gasteiger partial charge in [0, 0.05) is 6.54 Å². The van der Waals surface area contributed by atoms with Crippen LogP contribution in [0.1, 0.15) is 45.1 Å². The van der Waals surface area contributed by atoms with E-state index in [1.165, 1.54) is 5.56 Å². The van der Waals surface area contributed by atoms with Gasteiger partial charge >= 0.3 is 0 Å². The predicted octanol–water partition coefficient (Wildman–Crippen LogP) is 2.42. The van der Waals surface area contributed by atoms with E-state index in [0.29, 0.717) is 18.9 Å². The summed E-state index contributed by atoms with van der Waals surface area (Å²) in [6.07, 6.45) is 1.57. The van der Waals surface area contributed by atoms with Crippen LogP contribution in [0.25, 0.3) is 0 Å². The predicted molar refractivity (Wildman–Crippen MR) is 75.4 cm³/mol. The monoisotopic (exact) mass is 248 g/mol. The van der Waals surface area contributed by atoms with Gasteiger partial charge in [-0.2, -0.15) is 0 Å². The van der Waals surface area contributed by atoms with E-state index in [2.05, 4.69) is 24.4 Å². The number of hydrogen-bond donors (Lipinski definition) is 2. The van der Waals surface area contributed by atoms with Gasteiger partial charge in [-0.15, -0.1) is 0 Å². The average molecular weight is 248 g/mol. The Kier molecular flexibility index (Phi) is 5.35. The van der Waals surface area contributed by atoms with Crippen LogP contribution in [0.15, 0.2) is 30.3 Å². The topological polar surface area (TPSA) is 55.1 Å². The highest BCUT2D eigenvalue weighted by Gasteiger charge is 2.25. The van der Waals surface area contributed by atoms with E-state index in [-0.39, 0.29) is 5.91 Å². The zero-order valence-corrected chi connectivity index (χ0v) is 11.6. The Labute approximate surface area is 110 Å². The second kappa shape index (κ2) is 6.55. The van der Waals surface area contributed by atoms with Crippen molar-refractivity contribution < 1.29 is 4.79 Å². The molecule has 3 heteroatoms. The molecule has 0 aliphatic heterocycles. The van der Waals surface area contributed by atoms with Crippen molar-refractivity contribution in [3.63, 3.8) is 0 Å². The highest BCUT2D eigenvalue weighted by Crippen LogP contribution is 2.17. The molecule has 1 aromatic rings. The summed E-state index contributed by atoms with van der Waals surface area (Å²) in [6.45, 7) is 6.53. The van der Waals surface area contributed by atoms with E-state index >= 15 is 0 Å². The summed E-state index contributed by atoms with van der Waals surface area (Å²) in [5.41, 5.74) is 6.42. The van der Waals surface area contributed by atoms with E-state index in [9.17, 15) is 4.79 Å². The summed E-state index contributed by atoms with van der Waals surface area (Å²) in [5.74, 6) is 0.377. The molecule has 0 saturated carbocycles. The molecule has 0 aromatic heterocycles. The van der Waals surface area contributed by atoms with Gasteiger partial charge in [-0.25, -0.2) is 0 Å². The van der Waals surface area contributed by atoms with Gasteiger partial charge in [0.1, 0.15) is 0 Å². The van der Waals surface area contributed by atoms with E-state index in [4.69, 9.17) is 5.73 Å². The van der Waals surface area contributed by atoms with E-state index in [1.807, 2.05) is 25.1 Å². The van der Waals surface area contributed by atoms with Crippen LogP contribution in [0.2, 0.25) is 0 Å². The third-order valence-electron chi connectivity index (χ3n) is 3.48. The normalized spacial score (nSPS) is 15.8. The van der Waals surface area contributed by atoms with Crippen molar-refractivity contribution in [3.05, 3.63) is 35.9 Å². The molecule has 0 aliphatic carbocycles. The van der Waals surface area contributed by atoms with Gasteiger partial charge in [0.15, 0.2) is 0 Å². The minimum absolute atomic E-state index is 0.0646.